The number of nitrogens with two attached hydrogens (primary N) is 1. The standard InChI is InChI=1S/C13H20N4O3/c14-12-8-11(17(19)20)9-13(15-12)16(6-7-18)10-4-2-1-3-5-10/h8-10,18H,1-7H2,(H2,14,15). The number of aliphatic hydroxyl groups is 1. The summed E-state index contributed by atoms with van der Waals surface area (Å²) in [5.41, 5.74) is 5.59. The van der Waals surface area contributed by atoms with Crippen LogP contribution in [0.3, 0.4) is 0 Å². The smallest absolute Gasteiger partial charge is 0.276 e. The lowest BCUT2D eigenvalue weighted by Crippen LogP contribution is -2.39. The third kappa shape index (κ3) is 3.36. The van der Waals surface area contributed by atoms with Gasteiger partial charge in [0.1, 0.15) is 11.6 Å². The molecule has 0 spiro atoms. The summed E-state index contributed by atoms with van der Waals surface area (Å²) in [4.78, 5) is 16.6. The molecule has 2 rings (SSSR count). The van der Waals surface area contributed by atoms with E-state index in [1.54, 1.807) is 0 Å². The van der Waals surface area contributed by atoms with E-state index in [1.165, 1.54) is 18.6 Å². The van der Waals surface area contributed by atoms with Gasteiger partial charge in [0.15, 0.2) is 0 Å². The highest BCUT2D eigenvalue weighted by Crippen LogP contribution is 2.29. The Bertz CT molecular complexity index is 475. The molecule has 1 fully saturated rings. The summed E-state index contributed by atoms with van der Waals surface area (Å²) < 4.78 is 0. The molecule has 0 aliphatic heterocycles. The monoisotopic (exact) mass is 280 g/mol. The zero-order chi connectivity index (χ0) is 14.5. The van der Waals surface area contributed by atoms with Crippen LogP contribution in [0.15, 0.2) is 12.1 Å². The average Bonchev–Trinajstić information content (AvgIpc) is 2.45. The van der Waals surface area contributed by atoms with Crippen molar-refractivity contribution in [2.45, 2.75) is 38.1 Å². The Labute approximate surface area is 117 Å². The number of hydrogen-bond donors (Lipinski definition) is 2. The Morgan fingerprint density at radius 2 is 2.10 bits per heavy atom. The summed E-state index contributed by atoms with van der Waals surface area (Å²) >= 11 is 0. The van der Waals surface area contributed by atoms with Crippen LogP contribution in [-0.4, -0.2) is 34.2 Å². The molecule has 20 heavy (non-hydrogen) atoms. The first kappa shape index (κ1) is 14.5. The van der Waals surface area contributed by atoms with Gasteiger partial charge in [0.2, 0.25) is 0 Å². The van der Waals surface area contributed by atoms with E-state index < -0.39 is 4.92 Å². The fraction of sp³-hybridized carbons (Fsp3) is 0.615. The number of nitrogen functional groups attached to an aromatic ring is 1. The molecule has 0 saturated heterocycles. The Morgan fingerprint density at radius 3 is 2.70 bits per heavy atom. The van der Waals surface area contributed by atoms with Crippen LogP contribution in [0.1, 0.15) is 32.1 Å². The number of nitrogens with zero attached hydrogens (tertiary/aromatic N) is 3. The van der Waals surface area contributed by atoms with Crippen LogP contribution in [-0.2, 0) is 0 Å². The first-order valence-electron chi connectivity index (χ1n) is 6.91. The molecule has 0 bridgehead atoms. The zero-order valence-electron chi connectivity index (χ0n) is 11.4. The lowest BCUT2D eigenvalue weighted by Gasteiger charge is -2.34. The summed E-state index contributed by atoms with van der Waals surface area (Å²) in [5, 5.41) is 20.2. The van der Waals surface area contributed by atoms with Crippen molar-refractivity contribution < 1.29 is 10.0 Å². The van der Waals surface area contributed by atoms with Gasteiger partial charge < -0.3 is 15.7 Å². The molecule has 7 heteroatoms. The van der Waals surface area contributed by atoms with E-state index >= 15 is 0 Å². The minimum Gasteiger partial charge on any atom is -0.395 e. The van der Waals surface area contributed by atoms with Crippen molar-refractivity contribution >= 4 is 17.3 Å². The van der Waals surface area contributed by atoms with Gasteiger partial charge in [-0.2, -0.15) is 0 Å². The molecule has 0 amide bonds. The molecule has 0 atom stereocenters. The van der Waals surface area contributed by atoms with E-state index in [-0.39, 0.29) is 24.2 Å². The largest absolute Gasteiger partial charge is 0.395 e. The van der Waals surface area contributed by atoms with Gasteiger partial charge in [-0.3, -0.25) is 10.1 Å². The lowest BCUT2D eigenvalue weighted by atomic mass is 9.94. The molecule has 0 radical (unpaired) electrons. The van der Waals surface area contributed by atoms with Gasteiger partial charge in [0.25, 0.3) is 5.69 Å². The van der Waals surface area contributed by atoms with E-state index in [9.17, 15) is 15.2 Å². The predicted octanol–water partition coefficient (Wildman–Crippen LogP) is 1.70. The molecule has 0 unspecified atom stereocenters. The fourth-order valence-corrected chi connectivity index (χ4v) is 2.76. The molecule has 1 aliphatic rings. The van der Waals surface area contributed by atoms with Crippen molar-refractivity contribution in [2.75, 3.05) is 23.8 Å². The van der Waals surface area contributed by atoms with Crippen molar-refractivity contribution in [1.29, 1.82) is 0 Å². The minimum absolute atomic E-state index is 0.0131. The second kappa shape index (κ2) is 6.51. The molecule has 110 valence electrons. The van der Waals surface area contributed by atoms with Gasteiger partial charge in [-0.05, 0) is 12.8 Å². The molecule has 3 N–H and O–H groups in total. The van der Waals surface area contributed by atoms with Crippen LogP contribution in [0.5, 0.6) is 0 Å². The van der Waals surface area contributed by atoms with Gasteiger partial charge in [0, 0.05) is 12.6 Å². The van der Waals surface area contributed by atoms with Gasteiger partial charge in [0.05, 0.1) is 23.7 Å². The van der Waals surface area contributed by atoms with Crippen LogP contribution >= 0.6 is 0 Å². The quantitative estimate of drug-likeness (QED) is 0.628. The third-order valence-electron chi connectivity index (χ3n) is 3.68. The molecule has 7 nitrogen and oxygen atoms in total. The Hall–Kier alpha value is -1.89. The maximum atomic E-state index is 10.9. The highest BCUT2D eigenvalue weighted by Gasteiger charge is 2.24. The topological polar surface area (TPSA) is 106 Å². The minimum atomic E-state index is -0.473. The molecule has 0 aromatic carbocycles. The summed E-state index contributed by atoms with van der Waals surface area (Å²) in [6.07, 6.45) is 5.52. The van der Waals surface area contributed by atoms with Crippen molar-refractivity contribution in [3.63, 3.8) is 0 Å². The van der Waals surface area contributed by atoms with Crippen molar-refractivity contribution in [2.24, 2.45) is 0 Å². The van der Waals surface area contributed by atoms with E-state index in [0.717, 1.165) is 25.7 Å². The number of pyridine rings is 1. The van der Waals surface area contributed by atoms with E-state index in [1.807, 2.05) is 4.90 Å². The highest BCUT2D eigenvalue weighted by atomic mass is 16.6. The van der Waals surface area contributed by atoms with Gasteiger partial charge in [-0.15, -0.1) is 0 Å². The van der Waals surface area contributed by atoms with Crippen LogP contribution < -0.4 is 10.6 Å². The second-order valence-electron chi connectivity index (χ2n) is 5.07. The van der Waals surface area contributed by atoms with Crippen molar-refractivity contribution in [3.8, 4) is 0 Å². The summed E-state index contributed by atoms with van der Waals surface area (Å²) in [6, 6.07) is 2.95. The number of hydrogen-bond acceptors (Lipinski definition) is 6. The normalized spacial score (nSPS) is 16.1. The van der Waals surface area contributed by atoms with E-state index in [4.69, 9.17) is 5.73 Å². The van der Waals surface area contributed by atoms with Crippen LogP contribution in [0.2, 0.25) is 0 Å². The van der Waals surface area contributed by atoms with E-state index in [2.05, 4.69) is 4.98 Å². The first-order valence-corrected chi connectivity index (χ1v) is 6.91. The Balaban J connectivity index is 2.30. The van der Waals surface area contributed by atoms with Crippen LogP contribution in [0.4, 0.5) is 17.3 Å². The van der Waals surface area contributed by atoms with Gasteiger partial charge in [-0.1, -0.05) is 19.3 Å². The predicted molar refractivity (Wildman–Crippen MR) is 76.6 cm³/mol. The molecular formula is C13H20N4O3. The molecule has 1 aliphatic carbocycles. The van der Waals surface area contributed by atoms with Crippen molar-refractivity contribution in [3.05, 3.63) is 22.2 Å². The number of anilines is 2. The highest BCUT2D eigenvalue weighted by molar-refractivity contribution is 5.54. The van der Waals surface area contributed by atoms with Crippen molar-refractivity contribution in [1.82, 2.24) is 4.98 Å². The molecule has 1 heterocycles. The van der Waals surface area contributed by atoms with Crippen LogP contribution in [0, 0.1) is 10.1 Å². The molecular weight excluding hydrogens is 260 g/mol. The van der Waals surface area contributed by atoms with Crippen LogP contribution in [0.25, 0.3) is 0 Å². The maximum absolute atomic E-state index is 10.9. The maximum Gasteiger partial charge on any atom is 0.276 e. The lowest BCUT2D eigenvalue weighted by molar-refractivity contribution is -0.384. The zero-order valence-corrected chi connectivity index (χ0v) is 11.4. The Morgan fingerprint density at radius 1 is 1.40 bits per heavy atom. The molecule has 1 saturated carbocycles. The number of aliphatic hydroxyl groups excluding tert-OH is 1. The number of nitro groups is 1. The Kier molecular flexibility index (Phi) is 4.73. The second-order valence-corrected chi connectivity index (χ2v) is 5.07. The van der Waals surface area contributed by atoms with Gasteiger partial charge >= 0.3 is 0 Å². The number of aromatic nitrogens is 1. The SMILES string of the molecule is Nc1cc([N+](=O)[O-])cc(N(CCO)C2CCCCC2)n1. The molecule has 1 aromatic rings. The third-order valence-corrected chi connectivity index (χ3v) is 3.68. The summed E-state index contributed by atoms with van der Waals surface area (Å²) in [5.74, 6) is 0.616. The molecule has 1 aromatic heterocycles. The average molecular weight is 280 g/mol. The number of rotatable bonds is 5. The summed E-state index contributed by atoms with van der Waals surface area (Å²) in [6.45, 7) is 0.402. The van der Waals surface area contributed by atoms with E-state index in [0.29, 0.717) is 12.4 Å². The first-order chi connectivity index (χ1) is 9.61. The van der Waals surface area contributed by atoms with Gasteiger partial charge in [-0.25, -0.2) is 4.98 Å². The fourth-order valence-electron chi connectivity index (χ4n) is 2.76. The summed E-state index contributed by atoms with van der Waals surface area (Å²) in [7, 11) is 0.